The van der Waals surface area contributed by atoms with Crippen LogP contribution in [0.3, 0.4) is 0 Å². The van der Waals surface area contributed by atoms with E-state index in [1.165, 1.54) is 6.33 Å². The minimum Gasteiger partial charge on any atom is -0.345 e. The second-order valence-electron chi connectivity index (χ2n) is 6.73. The van der Waals surface area contributed by atoms with E-state index in [2.05, 4.69) is 24.9 Å². The molecule has 3 aromatic heterocycles. The Bertz CT molecular complexity index is 1050. The van der Waals surface area contributed by atoms with Crippen molar-refractivity contribution in [2.24, 2.45) is 0 Å². The minimum atomic E-state index is -4.45. The van der Waals surface area contributed by atoms with Crippen molar-refractivity contribution in [3.8, 4) is 11.4 Å². The van der Waals surface area contributed by atoms with Gasteiger partial charge in [0.05, 0.1) is 0 Å². The first-order chi connectivity index (χ1) is 13.9. The highest BCUT2D eigenvalue weighted by molar-refractivity contribution is 5.91. The Morgan fingerprint density at radius 1 is 1.34 bits per heavy atom. The van der Waals surface area contributed by atoms with Gasteiger partial charge in [-0.1, -0.05) is 6.92 Å². The number of hydrogen-bond donors (Lipinski definition) is 2. The van der Waals surface area contributed by atoms with Crippen LogP contribution < -0.4 is 10.2 Å². The van der Waals surface area contributed by atoms with E-state index in [0.29, 0.717) is 42.2 Å². The fourth-order valence-electron chi connectivity index (χ4n) is 3.50. The zero-order valence-electron chi connectivity index (χ0n) is 15.5. The first-order valence-electron chi connectivity index (χ1n) is 9.12. The smallest absolute Gasteiger partial charge is 0.345 e. The van der Waals surface area contributed by atoms with Gasteiger partial charge in [-0.2, -0.15) is 13.2 Å². The number of carbonyl (C=O) groups excluding carboxylic acids is 1. The van der Waals surface area contributed by atoms with E-state index in [1.807, 2.05) is 5.32 Å². The highest BCUT2D eigenvalue weighted by Gasteiger charge is 2.34. The maximum absolute atomic E-state index is 12.5. The van der Waals surface area contributed by atoms with Crippen molar-refractivity contribution in [2.75, 3.05) is 18.0 Å². The van der Waals surface area contributed by atoms with Crippen molar-refractivity contribution >= 4 is 22.8 Å². The van der Waals surface area contributed by atoms with Crippen LogP contribution in [0.2, 0.25) is 0 Å². The zero-order chi connectivity index (χ0) is 20.6. The fourth-order valence-corrected chi connectivity index (χ4v) is 3.50. The quantitative estimate of drug-likeness (QED) is 0.675. The monoisotopic (exact) mass is 405 g/mol. The number of rotatable bonds is 5. The van der Waals surface area contributed by atoms with Crippen molar-refractivity contribution in [3.05, 3.63) is 30.5 Å². The molecule has 0 aromatic carbocycles. The molecule has 0 fully saturated rings. The van der Waals surface area contributed by atoms with Crippen molar-refractivity contribution in [3.63, 3.8) is 0 Å². The van der Waals surface area contributed by atoms with Crippen LogP contribution in [-0.4, -0.2) is 56.1 Å². The number of aromatic amines is 1. The molecule has 29 heavy (non-hydrogen) atoms. The Hall–Kier alpha value is -3.24. The molecule has 1 aliphatic heterocycles. The van der Waals surface area contributed by atoms with Gasteiger partial charge in [0.25, 0.3) is 0 Å². The molecule has 1 atom stereocenters. The summed E-state index contributed by atoms with van der Waals surface area (Å²) in [6, 6.07) is -0.743. The summed E-state index contributed by atoms with van der Waals surface area (Å²) in [5.41, 5.74) is 2.21. The molecular formula is C18H18F3N7O. The van der Waals surface area contributed by atoms with Gasteiger partial charge in [0.1, 0.15) is 30.4 Å². The summed E-state index contributed by atoms with van der Waals surface area (Å²) in [4.78, 5) is 34.4. The van der Waals surface area contributed by atoms with Crippen molar-refractivity contribution in [1.29, 1.82) is 0 Å². The number of alkyl halides is 3. The van der Waals surface area contributed by atoms with Crippen LogP contribution in [-0.2, 0) is 11.2 Å². The third-order valence-corrected chi connectivity index (χ3v) is 4.86. The largest absolute Gasteiger partial charge is 0.405 e. The lowest BCUT2D eigenvalue weighted by Gasteiger charge is -2.28. The van der Waals surface area contributed by atoms with Crippen LogP contribution in [0, 0.1) is 0 Å². The molecule has 2 N–H and O–H groups in total. The summed E-state index contributed by atoms with van der Waals surface area (Å²) in [6.45, 7) is 0.894. The molecule has 0 radical (unpaired) electrons. The van der Waals surface area contributed by atoms with Crippen LogP contribution in [0.4, 0.5) is 19.0 Å². The summed E-state index contributed by atoms with van der Waals surface area (Å²) in [5.74, 6) is 0.329. The zero-order valence-corrected chi connectivity index (χ0v) is 15.5. The van der Waals surface area contributed by atoms with Gasteiger partial charge in [-0.25, -0.2) is 19.9 Å². The summed E-state index contributed by atoms with van der Waals surface area (Å²) in [6.07, 6.45) is 3.03. The lowest BCUT2D eigenvalue weighted by atomic mass is 10.2. The first-order valence-corrected chi connectivity index (χ1v) is 9.12. The van der Waals surface area contributed by atoms with Crippen LogP contribution in [0.15, 0.2) is 24.9 Å². The third-order valence-electron chi connectivity index (χ3n) is 4.86. The van der Waals surface area contributed by atoms with Crippen LogP contribution >= 0.6 is 0 Å². The molecule has 1 amide bonds. The van der Waals surface area contributed by atoms with Crippen LogP contribution in [0.1, 0.15) is 18.9 Å². The molecule has 4 heterocycles. The number of aromatic nitrogens is 5. The van der Waals surface area contributed by atoms with Gasteiger partial charge < -0.3 is 15.2 Å². The average Bonchev–Trinajstić information content (AvgIpc) is 3.30. The Labute approximate surface area is 163 Å². The number of anilines is 1. The van der Waals surface area contributed by atoms with Gasteiger partial charge in [-0.15, -0.1) is 0 Å². The molecule has 0 saturated heterocycles. The molecule has 8 nitrogen and oxygen atoms in total. The number of nitrogens with zero attached hydrogens (tertiary/aromatic N) is 5. The highest BCUT2D eigenvalue weighted by Crippen LogP contribution is 2.32. The SMILES string of the molecule is CC[C@@H](C(=O)NCC(F)(F)F)N1CCc2cnc(-c3c[nH]c4ncncc34)nc21. The lowest BCUT2D eigenvalue weighted by molar-refractivity contribution is -0.139. The van der Waals surface area contributed by atoms with Crippen molar-refractivity contribution in [2.45, 2.75) is 32.0 Å². The molecule has 0 saturated carbocycles. The number of carbonyl (C=O) groups is 1. The molecular weight excluding hydrogens is 387 g/mol. The van der Waals surface area contributed by atoms with Crippen molar-refractivity contribution < 1.29 is 18.0 Å². The maximum Gasteiger partial charge on any atom is 0.405 e. The Morgan fingerprint density at radius 3 is 2.93 bits per heavy atom. The molecule has 152 valence electrons. The molecule has 3 aromatic rings. The number of halogens is 3. The van der Waals surface area contributed by atoms with E-state index in [1.54, 1.807) is 30.4 Å². The second-order valence-corrected chi connectivity index (χ2v) is 6.73. The molecule has 4 rings (SSSR count). The minimum absolute atomic E-state index is 0.351. The molecule has 11 heteroatoms. The summed E-state index contributed by atoms with van der Waals surface area (Å²) < 4.78 is 37.4. The fraction of sp³-hybridized carbons (Fsp3) is 0.389. The van der Waals surface area contributed by atoms with E-state index >= 15 is 0 Å². The third kappa shape index (κ3) is 3.71. The molecule has 0 bridgehead atoms. The second kappa shape index (κ2) is 7.30. The number of amides is 1. The maximum atomic E-state index is 12.5. The molecule has 0 spiro atoms. The average molecular weight is 405 g/mol. The van der Waals surface area contributed by atoms with Crippen LogP contribution in [0.5, 0.6) is 0 Å². The van der Waals surface area contributed by atoms with E-state index in [4.69, 9.17) is 0 Å². The van der Waals surface area contributed by atoms with Gasteiger partial charge in [-0.05, 0) is 12.8 Å². The normalized spacial score (nSPS) is 14.8. The van der Waals surface area contributed by atoms with E-state index in [0.717, 1.165) is 10.9 Å². The lowest BCUT2D eigenvalue weighted by Crippen LogP contribution is -2.48. The Kier molecular flexibility index (Phi) is 4.81. The predicted octanol–water partition coefficient (Wildman–Crippen LogP) is 2.23. The van der Waals surface area contributed by atoms with Crippen LogP contribution in [0.25, 0.3) is 22.4 Å². The number of hydrogen-bond acceptors (Lipinski definition) is 6. The Morgan fingerprint density at radius 2 is 2.17 bits per heavy atom. The molecule has 0 aliphatic carbocycles. The van der Waals surface area contributed by atoms with Crippen molar-refractivity contribution in [1.82, 2.24) is 30.2 Å². The van der Waals surface area contributed by atoms with E-state index < -0.39 is 24.7 Å². The highest BCUT2D eigenvalue weighted by atomic mass is 19.4. The number of fused-ring (bicyclic) bond motifs is 2. The van der Waals surface area contributed by atoms with Gasteiger partial charge in [-0.3, -0.25) is 4.79 Å². The topological polar surface area (TPSA) is 99.7 Å². The van der Waals surface area contributed by atoms with E-state index in [-0.39, 0.29) is 0 Å². The van der Waals surface area contributed by atoms with E-state index in [9.17, 15) is 18.0 Å². The number of H-pyrrole nitrogens is 1. The first kappa shape index (κ1) is 19.1. The van der Waals surface area contributed by atoms with Gasteiger partial charge >= 0.3 is 6.18 Å². The Balaban J connectivity index is 1.64. The summed E-state index contributed by atoms with van der Waals surface area (Å²) in [7, 11) is 0. The molecule has 1 aliphatic rings. The standard InChI is InChI=1S/C18H18F3N7O/c1-2-13(17(29)25-8-18(19,20)21)28-4-3-10-5-23-15(27-16(10)28)12-7-24-14-11(12)6-22-9-26-14/h5-7,9,13H,2-4,8H2,1H3,(H,25,29)(H,22,24,26)/t13-/m0/s1. The predicted molar refractivity (Wildman–Crippen MR) is 99.1 cm³/mol. The summed E-state index contributed by atoms with van der Waals surface area (Å²) >= 11 is 0. The van der Waals surface area contributed by atoms with Gasteiger partial charge in [0, 0.05) is 41.6 Å². The number of nitrogens with one attached hydrogen (secondary N) is 2. The summed E-state index contributed by atoms with van der Waals surface area (Å²) in [5, 5.41) is 2.73. The molecule has 0 unspecified atom stereocenters. The van der Waals surface area contributed by atoms with Gasteiger partial charge in [0.15, 0.2) is 5.82 Å². The van der Waals surface area contributed by atoms with Gasteiger partial charge in [0.2, 0.25) is 5.91 Å².